The summed E-state index contributed by atoms with van der Waals surface area (Å²) in [5.41, 5.74) is 1.22. The lowest BCUT2D eigenvalue weighted by Gasteiger charge is -2.06. The highest BCUT2D eigenvalue weighted by Gasteiger charge is 2.05. The molecule has 0 aliphatic heterocycles. The lowest BCUT2D eigenvalue weighted by Crippen LogP contribution is -2.11. The van der Waals surface area contributed by atoms with E-state index in [1.807, 2.05) is 12.1 Å². The van der Waals surface area contributed by atoms with Crippen molar-refractivity contribution in [3.05, 3.63) is 29.8 Å². The molecule has 21 heavy (non-hydrogen) atoms. The van der Waals surface area contributed by atoms with Crippen molar-refractivity contribution in [3.63, 3.8) is 0 Å². The first-order valence-electron chi connectivity index (χ1n) is 8.19. The fourth-order valence-corrected chi connectivity index (χ4v) is 2.13. The van der Waals surface area contributed by atoms with Crippen LogP contribution in [-0.2, 0) is 11.2 Å². The number of carbonyl (C=O) groups is 1. The number of benzene rings is 1. The minimum absolute atomic E-state index is 0.444. The van der Waals surface area contributed by atoms with Gasteiger partial charge < -0.3 is 9.47 Å². The molecule has 1 rings (SSSR count). The molecule has 0 saturated heterocycles. The van der Waals surface area contributed by atoms with Gasteiger partial charge >= 0.3 is 6.16 Å². The van der Waals surface area contributed by atoms with E-state index in [0.29, 0.717) is 12.4 Å². The first kappa shape index (κ1) is 17.5. The minimum atomic E-state index is -0.606. The van der Waals surface area contributed by atoms with E-state index >= 15 is 0 Å². The standard InChI is InChI=1S/C18H28O3/c1-3-5-6-7-8-9-10-15-20-18(19)21-17-13-11-16(4-2)12-14-17/h11-14H,3-10,15H2,1-2H3. The molecule has 0 atom stereocenters. The summed E-state index contributed by atoms with van der Waals surface area (Å²) in [5.74, 6) is 0.539. The van der Waals surface area contributed by atoms with Gasteiger partial charge in [0.1, 0.15) is 5.75 Å². The van der Waals surface area contributed by atoms with E-state index in [1.165, 1.54) is 37.7 Å². The van der Waals surface area contributed by atoms with Gasteiger partial charge in [0.05, 0.1) is 6.61 Å². The largest absolute Gasteiger partial charge is 0.513 e. The molecule has 0 saturated carbocycles. The van der Waals surface area contributed by atoms with Crippen molar-refractivity contribution in [3.8, 4) is 5.75 Å². The molecule has 0 N–H and O–H groups in total. The van der Waals surface area contributed by atoms with E-state index in [2.05, 4.69) is 13.8 Å². The van der Waals surface area contributed by atoms with E-state index in [1.54, 1.807) is 12.1 Å². The van der Waals surface area contributed by atoms with Crippen molar-refractivity contribution in [2.24, 2.45) is 0 Å². The molecule has 0 amide bonds. The van der Waals surface area contributed by atoms with Gasteiger partial charge in [0.25, 0.3) is 0 Å². The molecular weight excluding hydrogens is 264 g/mol. The third-order valence-corrected chi connectivity index (χ3v) is 3.50. The van der Waals surface area contributed by atoms with Crippen LogP contribution in [-0.4, -0.2) is 12.8 Å². The van der Waals surface area contributed by atoms with Crippen LogP contribution in [0.2, 0.25) is 0 Å². The maximum absolute atomic E-state index is 11.5. The number of carbonyl (C=O) groups excluding carboxylic acids is 1. The summed E-state index contributed by atoms with van der Waals surface area (Å²) in [6.45, 7) is 4.75. The van der Waals surface area contributed by atoms with Crippen molar-refractivity contribution in [1.82, 2.24) is 0 Å². The van der Waals surface area contributed by atoms with E-state index in [4.69, 9.17) is 9.47 Å². The summed E-state index contributed by atoms with van der Waals surface area (Å²) >= 11 is 0. The van der Waals surface area contributed by atoms with Crippen molar-refractivity contribution >= 4 is 6.16 Å². The fourth-order valence-electron chi connectivity index (χ4n) is 2.13. The van der Waals surface area contributed by atoms with Crippen molar-refractivity contribution in [1.29, 1.82) is 0 Å². The van der Waals surface area contributed by atoms with Crippen LogP contribution in [0.4, 0.5) is 4.79 Å². The minimum Gasteiger partial charge on any atom is -0.434 e. The Morgan fingerprint density at radius 1 is 0.905 bits per heavy atom. The number of rotatable bonds is 10. The maximum Gasteiger partial charge on any atom is 0.513 e. The molecule has 0 fully saturated rings. The van der Waals surface area contributed by atoms with Gasteiger partial charge in [-0.25, -0.2) is 4.79 Å². The molecule has 0 aliphatic rings. The number of unbranched alkanes of at least 4 members (excludes halogenated alkanes) is 6. The lowest BCUT2D eigenvalue weighted by atomic mass is 10.1. The second kappa shape index (κ2) is 11.2. The third-order valence-electron chi connectivity index (χ3n) is 3.50. The Hall–Kier alpha value is -1.51. The average Bonchev–Trinajstić information content (AvgIpc) is 2.50. The van der Waals surface area contributed by atoms with Crippen LogP contribution >= 0.6 is 0 Å². The molecule has 0 bridgehead atoms. The van der Waals surface area contributed by atoms with Crippen LogP contribution in [0.1, 0.15) is 64.4 Å². The Morgan fingerprint density at radius 3 is 2.14 bits per heavy atom. The van der Waals surface area contributed by atoms with Gasteiger partial charge in [-0.2, -0.15) is 0 Å². The molecule has 1 aromatic carbocycles. The van der Waals surface area contributed by atoms with Crippen LogP contribution in [0.5, 0.6) is 5.75 Å². The molecule has 1 aromatic rings. The quantitative estimate of drug-likeness (QED) is 0.324. The molecule has 0 radical (unpaired) electrons. The molecule has 0 aromatic heterocycles. The molecule has 0 unspecified atom stereocenters. The lowest BCUT2D eigenvalue weighted by molar-refractivity contribution is 0.0973. The third kappa shape index (κ3) is 8.38. The van der Waals surface area contributed by atoms with Crippen LogP contribution < -0.4 is 4.74 Å². The Morgan fingerprint density at radius 2 is 1.52 bits per heavy atom. The summed E-state index contributed by atoms with van der Waals surface area (Å²) in [7, 11) is 0. The predicted molar refractivity (Wildman–Crippen MR) is 85.8 cm³/mol. The van der Waals surface area contributed by atoms with Gasteiger partial charge in [0.2, 0.25) is 0 Å². The van der Waals surface area contributed by atoms with Crippen LogP contribution in [0, 0.1) is 0 Å². The summed E-state index contributed by atoms with van der Waals surface area (Å²) in [5, 5.41) is 0. The second-order valence-electron chi connectivity index (χ2n) is 5.32. The van der Waals surface area contributed by atoms with Crippen LogP contribution in [0.3, 0.4) is 0 Å². The van der Waals surface area contributed by atoms with Gasteiger partial charge in [0.15, 0.2) is 0 Å². The smallest absolute Gasteiger partial charge is 0.434 e. The van der Waals surface area contributed by atoms with E-state index in [9.17, 15) is 4.79 Å². The van der Waals surface area contributed by atoms with Crippen LogP contribution in [0.15, 0.2) is 24.3 Å². The van der Waals surface area contributed by atoms with Gasteiger partial charge in [-0.15, -0.1) is 0 Å². The SMILES string of the molecule is CCCCCCCCCOC(=O)Oc1ccc(CC)cc1. The monoisotopic (exact) mass is 292 g/mol. The Bertz CT molecular complexity index is 384. The maximum atomic E-state index is 11.5. The zero-order valence-electron chi connectivity index (χ0n) is 13.4. The number of hydrogen-bond acceptors (Lipinski definition) is 3. The zero-order chi connectivity index (χ0) is 15.3. The Balaban J connectivity index is 2.05. The summed E-state index contributed by atoms with van der Waals surface area (Å²) in [6.07, 6.45) is 8.80. The van der Waals surface area contributed by atoms with Gasteiger partial charge in [0, 0.05) is 0 Å². The average molecular weight is 292 g/mol. The van der Waals surface area contributed by atoms with E-state index in [0.717, 1.165) is 19.3 Å². The van der Waals surface area contributed by atoms with Crippen molar-refractivity contribution < 1.29 is 14.3 Å². The highest BCUT2D eigenvalue weighted by atomic mass is 16.7. The molecule has 3 heteroatoms. The number of hydrogen-bond donors (Lipinski definition) is 0. The summed E-state index contributed by atoms with van der Waals surface area (Å²) in [6, 6.07) is 7.51. The van der Waals surface area contributed by atoms with E-state index in [-0.39, 0.29) is 0 Å². The second-order valence-corrected chi connectivity index (χ2v) is 5.32. The molecular formula is C18H28O3. The Kier molecular flexibility index (Phi) is 9.34. The molecule has 0 heterocycles. The van der Waals surface area contributed by atoms with Crippen molar-refractivity contribution in [2.45, 2.75) is 65.2 Å². The van der Waals surface area contributed by atoms with E-state index < -0.39 is 6.16 Å². The highest BCUT2D eigenvalue weighted by molar-refractivity contribution is 5.63. The molecule has 3 nitrogen and oxygen atoms in total. The van der Waals surface area contributed by atoms with Crippen LogP contribution in [0.25, 0.3) is 0 Å². The first-order valence-corrected chi connectivity index (χ1v) is 8.19. The normalized spacial score (nSPS) is 10.4. The number of ether oxygens (including phenoxy) is 2. The predicted octanol–water partition coefficient (Wildman–Crippen LogP) is 5.52. The number of aryl methyl sites for hydroxylation is 1. The first-order chi connectivity index (χ1) is 10.3. The molecule has 0 spiro atoms. The summed E-state index contributed by atoms with van der Waals surface area (Å²) in [4.78, 5) is 11.5. The van der Waals surface area contributed by atoms with Gasteiger partial charge in [-0.1, -0.05) is 64.5 Å². The zero-order valence-corrected chi connectivity index (χ0v) is 13.4. The highest BCUT2D eigenvalue weighted by Crippen LogP contribution is 2.13. The molecule has 118 valence electrons. The van der Waals surface area contributed by atoms with Crippen molar-refractivity contribution in [2.75, 3.05) is 6.61 Å². The fraction of sp³-hybridized carbons (Fsp3) is 0.611. The van der Waals surface area contributed by atoms with Gasteiger partial charge in [-0.05, 0) is 30.5 Å². The van der Waals surface area contributed by atoms with Gasteiger partial charge in [-0.3, -0.25) is 0 Å². The molecule has 0 aliphatic carbocycles. The topological polar surface area (TPSA) is 35.5 Å². The Labute approximate surface area is 128 Å². The summed E-state index contributed by atoms with van der Waals surface area (Å²) < 4.78 is 10.2.